The number of aryl methyl sites for hydroxylation is 2. The lowest BCUT2D eigenvalue weighted by Gasteiger charge is -2.09. The van der Waals surface area contributed by atoms with E-state index in [-0.39, 0.29) is 0 Å². The van der Waals surface area contributed by atoms with Gasteiger partial charge in [0.25, 0.3) is 0 Å². The number of rotatable bonds is 3. The molecule has 2 aromatic carbocycles. The molecule has 0 bridgehead atoms. The first-order valence-electron chi connectivity index (χ1n) is 6.26. The molecule has 1 N–H and O–H groups in total. The summed E-state index contributed by atoms with van der Waals surface area (Å²) in [5, 5.41) is 9.51. The number of carboxylic acids is 1. The van der Waals surface area contributed by atoms with E-state index in [4.69, 9.17) is 0 Å². The van der Waals surface area contributed by atoms with Gasteiger partial charge in [-0.25, -0.2) is 4.79 Å². The fourth-order valence-corrected chi connectivity index (χ4v) is 2.43. The van der Waals surface area contributed by atoms with Gasteiger partial charge in [-0.15, -0.1) is 0 Å². The molecule has 0 fully saturated rings. The summed E-state index contributed by atoms with van der Waals surface area (Å²) in [5.41, 5.74) is 3.92. The standard InChI is InChI=1S/C17H15BrO2/c1-11-7-8-12(2)14(9-11)15(17(19)20)10-13-5-3-4-6-16(13)18/h3-10H,1-2H3,(H,19,20)/b15-10-. The van der Waals surface area contributed by atoms with Crippen LogP contribution >= 0.6 is 15.9 Å². The van der Waals surface area contributed by atoms with Gasteiger partial charge in [-0.1, -0.05) is 57.9 Å². The smallest absolute Gasteiger partial charge is 0.336 e. The van der Waals surface area contributed by atoms with Crippen molar-refractivity contribution in [2.45, 2.75) is 13.8 Å². The van der Waals surface area contributed by atoms with Gasteiger partial charge >= 0.3 is 5.97 Å². The zero-order chi connectivity index (χ0) is 14.7. The summed E-state index contributed by atoms with van der Waals surface area (Å²) in [6.07, 6.45) is 1.70. The van der Waals surface area contributed by atoms with E-state index in [0.717, 1.165) is 26.7 Å². The summed E-state index contributed by atoms with van der Waals surface area (Å²) < 4.78 is 0.879. The van der Waals surface area contributed by atoms with E-state index in [2.05, 4.69) is 15.9 Å². The first kappa shape index (κ1) is 14.5. The van der Waals surface area contributed by atoms with Crippen LogP contribution in [0.5, 0.6) is 0 Å². The van der Waals surface area contributed by atoms with Gasteiger partial charge in [0, 0.05) is 4.47 Å². The molecular weight excluding hydrogens is 316 g/mol. The van der Waals surface area contributed by atoms with Crippen LogP contribution in [-0.4, -0.2) is 11.1 Å². The quantitative estimate of drug-likeness (QED) is 0.654. The topological polar surface area (TPSA) is 37.3 Å². The molecule has 0 aromatic heterocycles. The molecule has 2 nitrogen and oxygen atoms in total. The van der Waals surface area contributed by atoms with Gasteiger partial charge in [0.2, 0.25) is 0 Å². The molecule has 0 spiro atoms. The molecule has 0 unspecified atom stereocenters. The zero-order valence-electron chi connectivity index (χ0n) is 11.4. The van der Waals surface area contributed by atoms with E-state index in [9.17, 15) is 9.90 Å². The van der Waals surface area contributed by atoms with Crippen LogP contribution in [0.2, 0.25) is 0 Å². The number of aliphatic carboxylic acids is 1. The van der Waals surface area contributed by atoms with Crippen molar-refractivity contribution in [3.05, 3.63) is 69.2 Å². The van der Waals surface area contributed by atoms with E-state index in [1.807, 2.05) is 56.3 Å². The lowest BCUT2D eigenvalue weighted by molar-refractivity contribution is -0.130. The van der Waals surface area contributed by atoms with Crippen LogP contribution in [0.15, 0.2) is 46.9 Å². The Morgan fingerprint density at radius 3 is 2.50 bits per heavy atom. The number of halogens is 1. The highest BCUT2D eigenvalue weighted by atomic mass is 79.9. The van der Waals surface area contributed by atoms with Crippen molar-refractivity contribution in [2.24, 2.45) is 0 Å². The van der Waals surface area contributed by atoms with Crippen LogP contribution in [-0.2, 0) is 4.79 Å². The minimum atomic E-state index is -0.922. The Kier molecular flexibility index (Phi) is 4.40. The van der Waals surface area contributed by atoms with E-state index in [0.29, 0.717) is 5.57 Å². The number of benzene rings is 2. The molecule has 0 aliphatic heterocycles. The number of carbonyl (C=O) groups is 1. The van der Waals surface area contributed by atoms with Gasteiger partial charge in [-0.05, 0) is 42.7 Å². The Morgan fingerprint density at radius 1 is 1.15 bits per heavy atom. The minimum Gasteiger partial charge on any atom is -0.478 e. The molecule has 2 aromatic rings. The third-order valence-electron chi connectivity index (χ3n) is 3.12. The molecule has 0 amide bonds. The maximum Gasteiger partial charge on any atom is 0.336 e. The SMILES string of the molecule is Cc1ccc(C)c(/C(=C/c2ccccc2Br)C(=O)O)c1. The van der Waals surface area contributed by atoms with Gasteiger partial charge < -0.3 is 5.11 Å². The molecule has 20 heavy (non-hydrogen) atoms. The molecule has 0 radical (unpaired) electrons. The molecule has 0 saturated carbocycles. The Labute approximate surface area is 126 Å². The van der Waals surface area contributed by atoms with Crippen molar-refractivity contribution < 1.29 is 9.90 Å². The Bertz CT molecular complexity index is 687. The molecule has 0 heterocycles. The second kappa shape index (κ2) is 6.06. The van der Waals surface area contributed by atoms with Crippen LogP contribution in [0.1, 0.15) is 22.3 Å². The summed E-state index contributed by atoms with van der Waals surface area (Å²) in [5.74, 6) is -0.922. The Hall–Kier alpha value is -1.87. The predicted molar refractivity (Wildman–Crippen MR) is 85.6 cm³/mol. The molecule has 0 aliphatic carbocycles. The van der Waals surface area contributed by atoms with Gasteiger partial charge in [-0.3, -0.25) is 0 Å². The molecule has 2 rings (SSSR count). The van der Waals surface area contributed by atoms with Crippen molar-refractivity contribution in [1.29, 1.82) is 0 Å². The highest BCUT2D eigenvalue weighted by Gasteiger charge is 2.13. The fourth-order valence-electron chi connectivity index (χ4n) is 2.03. The Morgan fingerprint density at radius 2 is 1.85 bits per heavy atom. The summed E-state index contributed by atoms with van der Waals surface area (Å²) in [7, 11) is 0. The summed E-state index contributed by atoms with van der Waals surface area (Å²) in [6.45, 7) is 3.88. The number of hydrogen-bond donors (Lipinski definition) is 1. The van der Waals surface area contributed by atoms with Crippen LogP contribution in [0.3, 0.4) is 0 Å². The lowest BCUT2D eigenvalue weighted by atomic mass is 9.96. The molecule has 0 saturated heterocycles. The Balaban J connectivity index is 2.61. The third kappa shape index (κ3) is 3.17. The maximum absolute atomic E-state index is 11.6. The van der Waals surface area contributed by atoms with Crippen LogP contribution < -0.4 is 0 Å². The number of hydrogen-bond acceptors (Lipinski definition) is 1. The highest BCUT2D eigenvalue weighted by Crippen LogP contribution is 2.26. The zero-order valence-corrected chi connectivity index (χ0v) is 12.9. The molecule has 0 aliphatic rings. The van der Waals surface area contributed by atoms with E-state index >= 15 is 0 Å². The van der Waals surface area contributed by atoms with Crippen molar-refractivity contribution in [3.63, 3.8) is 0 Å². The summed E-state index contributed by atoms with van der Waals surface area (Å²) in [4.78, 5) is 11.6. The molecule has 3 heteroatoms. The minimum absolute atomic E-state index is 0.304. The lowest BCUT2D eigenvalue weighted by Crippen LogP contribution is -2.02. The average molecular weight is 331 g/mol. The van der Waals surface area contributed by atoms with E-state index < -0.39 is 5.97 Å². The van der Waals surface area contributed by atoms with E-state index in [1.165, 1.54) is 0 Å². The molecule has 102 valence electrons. The largest absolute Gasteiger partial charge is 0.478 e. The second-order valence-corrected chi connectivity index (χ2v) is 5.56. The highest BCUT2D eigenvalue weighted by molar-refractivity contribution is 9.10. The predicted octanol–water partition coefficient (Wildman–Crippen LogP) is 4.69. The molecular formula is C17H15BrO2. The average Bonchev–Trinajstić information content (AvgIpc) is 2.40. The third-order valence-corrected chi connectivity index (χ3v) is 3.84. The van der Waals surface area contributed by atoms with Gasteiger partial charge in [0.05, 0.1) is 5.57 Å². The van der Waals surface area contributed by atoms with Crippen LogP contribution in [0.4, 0.5) is 0 Å². The van der Waals surface area contributed by atoms with Gasteiger partial charge in [-0.2, -0.15) is 0 Å². The van der Waals surface area contributed by atoms with Crippen LogP contribution in [0.25, 0.3) is 11.6 Å². The molecule has 0 atom stereocenters. The van der Waals surface area contributed by atoms with Gasteiger partial charge in [0.1, 0.15) is 0 Å². The fraction of sp³-hybridized carbons (Fsp3) is 0.118. The monoisotopic (exact) mass is 330 g/mol. The van der Waals surface area contributed by atoms with Crippen molar-refractivity contribution in [1.82, 2.24) is 0 Å². The summed E-state index contributed by atoms with van der Waals surface area (Å²) >= 11 is 3.44. The van der Waals surface area contributed by atoms with Crippen molar-refractivity contribution in [2.75, 3.05) is 0 Å². The van der Waals surface area contributed by atoms with E-state index in [1.54, 1.807) is 6.08 Å². The first-order chi connectivity index (χ1) is 9.49. The first-order valence-corrected chi connectivity index (χ1v) is 7.05. The summed E-state index contributed by atoms with van der Waals surface area (Å²) in [6, 6.07) is 13.4. The van der Waals surface area contributed by atoms with Gasteiger partial charge in [0.15, 0.2) is 0 Å². The van der Waals surface area contributed by atoms with Crippen molar-refractivity contribution >= 4 is 33.5 Å². The normalized spacial score (nSPS) is 11.4. The maximum atomic E-state index is 11.6. The van der Waals surface area contributed by atoms with Crippen LogP contribution in [0, 0.1) is 13.8 Å². The van der Waals surface area contributed by atoms with Crippen molar-refractivity contribution in [3.8, 4) is 0 Å². The number of carboxylic acid groups (broad SMARTS) is 1. The second-order valence-electron chi connectivity index (χ2n) is 4.70.